The molecular formula is C50H30S. The van der Waals surface area contributed by atoms with E-state index in [1.807, 2.05) is 11.3 Å². The topological polar surface area (TPSA) is 0 Å². The first-order valence-corrected chi connectivity index (χ1v) is 18.4. The van der Waals surface area contributed by atoms with Gasteiger partial charge in [-0.3, -0.25) is 0 Å². The first kappa shape index (κ1) is 28.5. The van der Waals surface area contributed by atoms with Gasteiger partial charge in [-0.2, -0.15) is 0 Å². The van der Waals surface area contributed by atoms with Crippen LogP contribution >= 0.6 is 11.3 Å². The van der Waals surface area contributed by atoms with Crippen molar-refractivity contribution in [3.05, 3.63) is 182 Å². The second-order valence-corrected chi connectivity index (χ2v) is 14.6. The molecule has 0 N–H and O–H groups in total. The summed E-state index contributed by atoms with van der Waals surface area (Å²) < 4.78 is 2.71. The lowest BCUT2D eigenvalue weighted by atomic mass is 9.83. The Hall–Kier alpha value is -6.28. The normalized spacial score (nSPS) is 11.9. The van der Waals surface area contributed by atoms with Gasteiger partial charge in [-0.05, 0) is 106 Å². The highest BCUT2D eigenvalue weighted by Crippen LogP contribution is 2.48. The molecule has 1 aromatic heterocycles. The monoisotopic (exact) mass is 662 g/mol. The molecule has 0 unspecified atom stereocenters. The minimum absolute atomic E-state index is 1.23. The molecule has 0 fully saturated rings. The second kappa shape index (κ2) is 11.1. The maximum Gasteiger partial charge on any atom is 0.0440 e. The van der Waals surface area contributed by atoms with E-state index in [9.17, 15) is 0 Å². The van der Waals surface area contributed by atoms with Gasteiger partial charge in [0, 0.05) is 25.6 Å². The van der Waals surface area contributed by atoms with E-state index < -0.39 is 0 Å². The van der Waals surface area contributed by atoms with Crippen molar-refractivity contribution in [2.45, 2.75) is 0 Å². The van der Waals surface area contributed by atoms with Crippen molar-refractivity contribution in [2.75, 3.05) is 0 Å². The van der Waals surface area contributed by atoms with Crippen LogP contribution in [0.25, 0.3) is 107 Å². The number of benzene rings is 10. The van der Waals surface area contributed by atoms with Crippen LogP contribution in [0.3, 0.4) is 0 Å². The van der Waals surface area contributed by atoms with Crippen molar-refractivity contribution in [3.63, 3.8) is 0 Å². The summed E-state index contributed by atoms with van der Waals surface area (Å²) in [6, 6.07) is 67.4. The first-order chi connectivity index (χ1) is 25.3. The van der Waals surface area contributed by atoms with Crippen molar-refractivity contribution in [2.24, 2.45) is 0 Å². The zero-order valence-electron chi connectivity index (χ0n) is 27.7. The Morgan fingerprint density at radius 1 is 0.294 bits per heavy atom. The Kier molecular flexibility index (Phi) is 6.22. The van der Waals surface area contributed by atoms with Crippen LogP contribution < -0.4 is 0 Å². The van der Waals surface area contributed by atoms with Crippen LogP contribution in [0.2, 0.25) is 0 Å². The lowest BCUT2D eigenvalue weighted by molar-refractivity contribution is 1.65. The summed E-state index contributed by atoms with van der Waals surface area (Å²) >= 11 is 1.91. The molecule has 1 heterocycles. The van der Waals surface area contributed by atoms with E-state index in [0.29, 0.717) is 0 Å². The van der Waals surface area contributed by atoms with E-state index >= 15 is 0 Å². The van der Waals surface area contributed by atoms with Crippen molar-refractivity contribution in [1.29, 1.82) is 0 Å². The SMILES string of the molecule is c1ccc(-c2c3ccccc3c(-c3cc(-c4ccc5c(c4)c4ccccc4c4c6ccccc6sc54)cc4ccccc34)c3ccccc23)cc1. The third-order valence-electron chi connectivity index (χ3n) is 10.8. The largest absolute Gasteiger partial charge is 0.135 e. The highest BCUT2D eigenvalue weighted by Gasteiger charge is 2.20. The smallest absolute Gasteiger partial charge is 0.0440 e. The fraction of sp³-hybridized carbons (Fsp3) is 0. The molecule has 0 bridgehead atoms. The Balaban J connectivity index is 1.22. The maximum atomic E-state index is 2.44. The third kappa shape index (κ3) is 4.26. The predicted octanol–water partition coefficient (Wildman–Crippen LogP) is 14.8. The number of hydrogen-bond donors (Lipinski definition) is 0. The van der Waals surface area contributed by atoms with Gasteiger partial charge in [0.15, 0.2) is 0 Å². The average molecular weight is 663 g/mol. The van der Waals surface area contributed by atoms with Gasteiger partial charge in [0.05, 0.1) is 0 Å². The zero-order valence-corrected chi connectivity index (χ0v) is 28.5. The highest BCUT2D eigenvalue weighted by molar-refractivity contribution is 7.27. The predicted molar refractivity (Wildman–Crippen MR) is 223 cm³/mol. The average Bonchev–Trinajstić information content (AvgIpc) is 3.60. The molecule has 236 valence electrons. The van der Waals surface area contributed by atoms with Gasteiger partial charge in [0.1, 0.15) is 0 Å². The van der Waals surface area contributed by atoms with E-state index in [-0.39, 0.29) is 0 Å². The third-order valence-corrected chi connectivity index (χ3v) is 12.0. The highest BCUT2D eigenvalue weighted by atomic mass is 32.1. The van der Waals surface area contributed by atoms with Crippen LogP contribution in [-0.2, 0) is 0 Å². The van der Waals surface area contributed by atoms with Crippen LogP contribution in [0.15, 0.2) is 182 Å². The van der Waals surface area contributed by atoms with Crippen LogP contribution in [0, 0.1) is 0 Å². The van der Waals surface area contributed by atoms with Crippen molar-refractivity contribution in [1.82, 2.24) is 0 Å². The molecule has 51 heavy (non-hydrogen) atoms. The molecule has 0 spiro atoms. The number of thiophene rings is 1. The van der Waals surface area contributed by atoms with Gasteiger partial charge in [0.25, 0.3) is 0 Å². The quantitative estimate of drug-likeness (QED) is 0.130. The fourth-order valence-electron chi connectivity index (χ4n) is 8.60. The molecule has 1 heteroatoms. The lowest BCUT2D eigenvalue weighted by Gasteiger charge is -2.20. The minimum atomic E-state index is 1.23. The molecule has 0 radical (unpaired) electrons. The molecule has 0 saturated carbocycles. The van der Waals surface area contributed by atoms with Crippen LogP contribution in [0.5, 0.6) is 0 Å². The number of hydrogen-bond acceptors (Lipinski definition) is 1. The summed E-state index contributed by atoms with van der Waals surface area (Å²) in [5.74, 6) is 0. The van der Waals surface area contributed by atoms with Gasteiger partial charge in [-0.15, -0.1) is 11.3 Å². The number of rotatable bonds is 3. The van der Waals surface area contributed by atoms with Crippen LogP contribution in [0.4, 0.5) is 0 Å². The molecule has 0 aliphatic carbocycles. The molecule has 0 aliphatic heterocycles. The van der Waals surface area contributed by atoms with Gasteiger partial charge >= 0.3 is 0 Å². The van der Waals surface area contributed by atoms with E-state index in [0.717, 1.165) is 0 Å². The molecule has 0 atom stereocenters. The summed E-state index contributed by atoms with van der Waals surface area (Å²) in [6.45, 7) is 0. The standard InChI is InChI=1S/C50H30S/c1-2-14-31(15-3-1)47-38-20-8-10-22-40(38)48(41-23-11-9-21-39(41)47)45-30-34(28-33-16-4-5-17-35(33)45)32-26-27-42-44(29-32)36-18-6-7-19-37(36)49-43-24-12-13-25-46(43)51-50(42)49/h1-30H. The molecule has 0 saturated heterocycles. The van der Waals surface area contributed by atoms with E-state index in [1.165, 1.54) is 107 Å². The van der Waals surface area contributed by atoms with Crippen molar-refractivity contribution in [3.8, 4) is 33.4 Å². The van der Waals surface area contributed by atoms with Crippen molar-refractivity contribution < 1.29 is 0 Å². The van der Waals surface area contributed by atoms with Gasteiger partial charge in [-0.1, -0.05) is 158 Å². The number of fused-ring (bicyclic) bond motifs is 11. The van der Waals surface area contributed by atoms with Gasteiger partial charge in [-0.25, -0.2) is 0 Å². The Bertz CT molecular complexity index is 3130. The Morgan fingerprint density at radius 2 is 0.863 bits per heavy atom. The molecule has 11 aromatic rings. The molecule has 10 aromatic carbocycles. The second-order valence-electron chi connectivity index (χ2n) is 13.6. The Labute approximate surface area is 299 Å². The maximum absolute atomic E-state index is 2.44. The summed E-state index contributed by atoms with van der Waals surface area (Å²) in [4.78, 5) is 0. The van der Waals surface area contributed by atoms with E-state index in [2.05, 4.69) is 182 Å². The summed E-state index contributed by atoms with van der Waals surface area (Å²) in [6.07, 6.45) is 0. The lowest BCUT2D eigenvalue weighted by Crippen LogP contribution is -1.92. The van der Waals surface area contributed by atoms with Crippen LogP contribution in [-0.4, -0.2) is 0 Å². The van der Waals surface area contributed by atoms with Crippen molar-refractivity contribution >= 4 is 85.4 Å². The Morgan fingerprint density at radius 3 is 1.59 bits per heavy atom. The van der Waals surface area contributed by atoms with Gasteiger partial charge < -0.3 is 0 Å². The molecule has 0 nitrogen and oxygen atoms in total. The molecule has 0 aliphatic rings. The summed E-state index contributed by atoms with van der Waals surface area (Å²) in [5, 5.41) is 15.6. The molecule has 11 rings (SSSR count). The first-order valence-electron chi connectivity index (χ1n) is 17.6. The van der Waals surface area contributed by atoms with Gasteiger partial charge in [0.2, 0.25) is 0 Å². The van der Waals surface area contributed by atoms with E-state index in [4.69, 9.17) is 0 Å². The molecule has 0 amide bonds. The minimum Gasteiger partial charge on any atom is -0.135 e. The van der Waals surface area contributed by atoms with Crippen LogP contribution in [0.1, 0.15) is 0 Å². The zero-order chi connectivity index (χ0) is 33.5. The fourth-order valence-corrected chi connectivity index (χ4v) is 9.86. The van der Waals surface area contributed by atoms with E-state index in [1.54, 1.807) is 0 Å². The summed E-state index contributed by atoms with van der Waals surface area (Å²) in [7, 11) is 0. The molecular weight excluding hydrogens is 633 g/mol. The summed E-state index contributed by atoms with van der Waals surface area (Å²) in [5.41, 5.74) is 7.55.